The second kappa shape index (κ2) is 8.17. The maximum atomic E-state index is 13.4. The van der Waals surface area contributed by atoms with Gasteiger partial charge in [0.25, 0.3) is 5.56 Å². The molecule has 0 atom stereocenters. The summed E-state index contributed by atoms with van der Waals surface area (Å²) in [4.78, 5) is 39.4. The quantitative estimate of drug-likeness (QED) is 0.496. The van der Waals surface area contributed by atoms with Crippen molar-refractivity contribution in [2.24, 2.45) is 0 Å². The van der Waals surface area contributed by atoms with Crippen molar-refractivity contribution >= 4 is 44.7 Å². The molecule has 0 saturated carbocycles. The van der Waals surface area contributed by atoms with Crippen LogP contribution >= 0.6 is 22.9 Å². The maximum absolute atomic E-state index is 13.4. The number of anilines is 1. The van der Waals surface area contributed by atoms with Crippen molar-refractivity contribution < 1.29 is 4.79 Å². The third-order valence-corrected chi connectivity index (χ3v) is 6.50. The molecule has 31 heavy (non-hydrogen) atoms. The number of halogens is 1. The lowest BCUT2D eigenvalue weighted by molar-refractivity contribution is -0.116. The molecule has 2 aromatic carbocycles. The minimum Gasteiger partial charge on any atom is -0.324 e. The number of hydrogen-bond acceptors (Lipinski definition) is 4. The molecule has 2 aromatic heterocycles. The number of amides is 1. The van der Waals surface area contributed by atoms with Crippen LogP contribution in [-0.2, 0) is 11.3 Å². The summed E-state index contributed by atoms with van der Waals surface area (Å²) in [6.45, 7) is 5.32. The van der Waals surface area contributed by atoms with Gasteiger partial charge < -0.3 is 5.32 Å². The van der Waals surface area contributed by atoms with E-state index in [9.17, 15) is 14.4 Å². The first-order valence-corrected chi connectivity index (χ1v) is 10.9. The van der Waals surface area contributed by atoms with E-state index in [0.29, 0.717) is 26.6 Å². The largest absolute Gasteiger partial charge is 0.336 e. The molecule has 0 aliphatic rings. The van der Waals surface area contributed by atoms with Crippen LogP contribution in [0.15, 0.2) is 57.4 Å². The van der Waals surface area contributed by atoms with E-state index < -0.39 is 5.69 Å². The third-order valence-electron chi connectivity index (χ3n) is 5.20. The number of carbonyl (C=O) groups is 1. The third kappa shape index (κ3) is 3.82. The summed E-state index contributed by atoms with van der Waals surface area (Å²) in [7, 11) is 0. The van der Waals surface area contributed by atoms with E-state index in [0.717, 1.165) is 21.3 Å². The van der Waals surface area contributed by atoms with E-state index in [-0.39, 0.29) is 18.0 Å². The van der Waals surface area contributed by atoms with Gasteiger partial charge in [-0.2, -0.15) is 0 Å². The lowest BCUT2D eigenvalue weighted by atomic mass is 10.1. The molecule has 8 heteroatoms. The van der Waals surface area contributed by atoms with Crippen LogP contribution in [0.3, 0.4) is 0 Å². The van der Waals surface area contributed by atoms with Gasteiger partial charge in [-0.05, 0) is 67.1 Å². The van der Waals surface area contributed by atoms with Gasteiger partial charge in [0.2, 0.25) is 5.91 Å². The number of rotatable bonds is 4. The summed E-state index contributed by atoms with van der Waals surface area (Å²) >= 11 is 7.39. The predicted molar refractivity (Wildman–Crippen MR) is 126 cm³/mol. The Balaban J connectivity index is 1.83. The summed E-state index contributed by atoms with van der Waals surface area (Å²) < 4.78 is 2.91. The molecule has 0 fully saturated rings. The minimum atomic E-state index is -0.553. The Morgan fingerprint density at radius 2 is 1.87 bits per heavy atom. The van der Waals surface area contributed by atoms with E-state index >= 15 is 0 Å². The van der Waals surface area contributed by atoms with Gasteiger partial charge in [0.05, 0.1) is 11.2 Å². The molecule has 4 rings (SSSR count). The van der Waals surface area contributed by atoms with Crippen LogP contribution in [0, 0.1) is 20.8 Å². The molecular weight excluding hydrogens is 434 g/mol. The van der Waals surface area contributed by atoms with Crippen molar-refractivity contribution in [2.75, 3.05) is 5.32 Å². The average Bonchev–Trinajstić information content (AvgIpc) is 3.21. The Kier molecular flexibility index (Phi) is 5.56. The topological polar surface area (TPSA) is 73.1 Å². The summed E-state index contributed by atoms with van der Waals surface area (Å²) in [5, 5.41) is 5.10. The number of nitrogens with zero attached hydrogens (tertiary/aromatic N) is 2. The second-order valence-electron chi connectivity index (χ2n) is 7.39. The van der Waals surface area contributed by atoms with E-state index in [1.54, 1.807) is 35.7 Å². The molecule has 0 unspecified atom stereocenters. The van der Waals surface area contributed by atoms with Crippen molar-refractivity contribution in [2.45, 2.75) is 27.3 Å². The molecule has 0 aliphatic carbocycles. The highest BCUT2D eigenvalue weighted by molar-refractivity contribution is 7.17. The molecule has 0 radical (unpaired) electrons. The molecule has 0 spiro atoms. The van der Waals surface area contributed by atoms with Crippen molar-refractivity contribution in [1.29, 1.82) is 0 Å². The summed E-state index contributed by atoms with van der Waals surface area (Å²) in [5.41, 5.74) is 3.07. The number of aromatic nitrogens is 2. The van der Waals surface area contributed by atoms with Gasteiger partial charge in [0, 0.05) is 10.7 Å². The van der Waals surface area contributed by atoms with Crippen molar-refractivity contribution in [1.82, 2.24) is 9.13 Å². The van der Waals surface area contributed by atoms with Crippen LogP contribution in [0.4, 0.5) is 5.69 Å². The molecular formula is C23H20ClN3O3S. The van der Waals surface area contributed by atoms with Crippen LogP contribution in [0.1, 0.15) is 16.7 Å². The fraction of sp³-hybridized carbons (Fsp3) is 0.174. The van der Waals surface area contributed by atoms with Gasteiger partial charge >= 0.3 is 5.69 Å². The van der Waals surface area contributed by atoms with Crippen LogP contribution in [-0.4, -0.2) is 15.0 Å². The van der Waals surface area contributed by atoms with Crippen molar-refractivity contribution in [3.63, 3.8) is 0 Å². The first kappa shape index (κ1) is 21.1. The molecule has 1 amide bonds. The lowest BCUT2D eigenvalue weighted by Gasteiger charge is -2.15. The molecule has 158 valence electrons. The molecule has 0 saturated heterocycles. The highest BCUT2D eigenvalue weighted by Crippen LogP contribution is 2.23. The van der Waals surface area contributed by atoms with E-state index in [1.807, 2.05) is 32.9 Å². The zero-order chi connectivity index (χ0) is 22.3. The minimum absolute atomic E-state index is 0.233. The first-order chi connectivity index (χ1) is 14.8. The number of aryl methyl sites for hydroxylation is 2. The van der Waals surface area contributed by atoms with Crippen LogP contribution in [0.2, 0.25) is 5.02 Å². The van der Waals surface area contributed by atoms with Crippen LogP contribution < -0.4 is 16.6 Å². The fourth-order valence-corrected chi connectivity index (χ4v) is 4.49. The van der Waals surface area contributed by atoms with Gasteiger partial charge in [0.15, 0.2) is 0 Å². The molecule has 2 heterocycles. The zero-order valence-electron chi connectivity index (χ0n) is 17.2. The average molecular weight is 454 g/mol. The first-order valence-electron chi connectivity index (χ1n) is 9.63. The van der Waals surface area contributed by atoms with Gasteiger partial charge in [0.1, 0.15) is 11.2 Å². The monoisotopic (exact) mass is 453 g/mol. The SMILES string of the molecule is Cc1ccc(C)c(-n2c(=O)c3sccc3n(CC(=O)Nc3cccc(Cl)c3C)c2=O)c1. The lowest BCUT2D eigenvalue weighted by Crippen LogP contribution is -2.40. The number of hydrogen-bond donors (Lipinski definition) is 1. The highest BCUT2D eigenvalue weighted by atomic mass is 35.5. The van der Waals surface area contributed by atoms with Crippen molar-refractivity contribution in [3.05, 3.63) is 90.4 Å². The predicted octanol–water partition coefficient (Wildman–Crippen LogP) is 4.43. The van der Waals surface area contributed by atoms with Crippen LogP contribution in [0.25, 0.3) is 15.9 Å². The molecule has 0 bridgehead atoms. The van der Waals surface area contributed by atoms with Gasteiger partial charge in [-0.15, -0.1) is 11.3 Å². The number of benzene rings is 2. The Morgan fingerprint density at radius 1 is 1.10 bits per heavy atom. The van der Waals surface area contributed by atoms with Crippen molar-refractivity contribution in [3.8, 4) is 5.69 Å². The van der Waals surface area contributed by atoms with Gasteiger partial charge in [-0.3, -0.25) is 14.2 Å². The van der Waals surface area contributed by atoms with Gasteiger partial charge in [-0.25, -0.2) is 9.36 Å². The standard InChI is InChI=1S/C23H20ClN3O3S/c1-13-7-8-14(2)19(11-13)27-22(29)21-18(9-10-31-21)26(23(27)30)12-20(28)25-17-6-4-5-16(24)15(17)3/h4-11H,12H2,1-3H3,(H,25,28). The Morgan fingerprint density at radius 3 is 2.65 bits per heavy atom. The fourth-order valence-electron chi connectivity index (χ4n) is 3.49. The number of nitrogens with one attached hydrogen (secondary N) is 1. The normalized spacial score (nSPS) is 11.1. The summed E-state index contributed by atoms with van der Waals surface area (Å²) in [6.07, 6.45) is 0. The summed E-state index contributed by atoms with van der Waals surface area (Å²) in [6, 6.07) is 12.5. The zero-order valence-corrected chi connectivity index (χ0v) is 18.8. The Bertz CT molecular complexity index is 1450. The van der Waals surface area contributed by atoms with E-state index in [4.69, 9.17) is 11.6 Å². The highest BCUT2D eigenvalue weighted by Gasteiger charge is 2.19. The van der Waals surface area contributed by atoms with Gasteiger partial charge in [-0.1, -0.05) is 29.8 Å². The van der Waals surface area contributed by atoms with Crippen LogP contribution in [0.5, 0.6) is 0 Å². The number of fused-ring (bicyclic) bond motifs is 1. The number of carbonyl (C=O) groups excluding carboxylic acids is 1. The number of thiophene rings is 1. The molecule has 1 N–H and O–H groups in total. The Labute approximate surface area is 187 Å². The smallest absolute Gasteiger partial charge is 0.324 e. The molecule has 6 nitrogen and oxygen atoms in total. The maximum Gasteiger partial charge on any atom is 0.336 e. The van der Waals surface area contributed by atoms with E-state index in [2.05, 4.69) is 5.32 Å². The molecule has 0 aliphatic heterocycles. The molecule has 4 aromatic rings. The van der Waals surface area contributed by atoms with E-state index in [1.165, 1.54) is 15.9 Å². The Hall–Kier alpha value is -3.16. The second-order valence-corrected chi connectivity index (χ2v) is 8.72. The summed E-state index contributed by atoms with van der Waals surface area (Å²) in [5.74, 6) is -0.383.